The molecule has 72 valence electrons. The molecule has 0 N–H and O–H groups in total. The molecule has 0 heterocycles. The van der Waals surface area contributed by atoms with Gasteiger partial charge in [0.1, 0.15) is 0 Å². The number of alkyl halides is 3. The third kappa shape index (κ3) is 2.66. The first-order valence-electron chi connectivity index (χ1n) is 3.84. The van der Waals surface area contributed by atoms with E-state index in [-0.39, 0.29) is 0 Å². The molecule has 13 heavy (non-hydrogen) atoms. The highest BCUT2D eigenvalue weighted by molar-refractivity contribution is 7.99. The van der Waals surface area contributed by atoms with E-state index in [4.69, 9.17) is 0 Å². The zero-order valence-corrected chi connectivity index (χ0v) is 7.88. The maximum atomic E-state index is 12.4. The molecule has 4 heteroatoms. The van der Waals surface area contributed by atoms with Crippen molar-refractivity contribution < 1.29 is 13.2 Å². The van der Waals surface area contributed by atoms with E-state index in [1.807, 2.05) is 6.92 Å². The van der Waals surface area contributed by atoms with Gasteiger partial charge in [-0.3, -0.25) is 0 Å². The fourth-order valence-electron chi connectivity index (χ4n) is 0.982. The van der Waals surface area contributed by atoms with E-state index in [2.05, 4.69) is 0 Å². The molecule has 0 aliphatic carbocycles. The van der Waals surface area contributed by atoms with Gasteiger partial charge in [0.05, 0.1) is 5.56 Å². The molecule has 0 unspecified atom stereocenters. The Labute approximate surface area is 79.1 Å². The molecular weight excluding hydrogens is 197 g/mol. The molecule has 0 aliphatic rings. The summed E-state index contributed by atoms with van der Waals surface area (Å²) < 4.78 is 37.1. The summed E-state index contributed by atoms with van der Waals surface area (Å²) in [6.45, 7) is 1.83. The number of rotatable bonds is 2. The molecule has 0 amide bonds. The normalized spacial score (nSPS) is 11.7. The van der Waals surface area contributed by atoms with Crippen molar-refractivity contribution in [3.05, 3.63) is 29.8 Å². The Morgan fingerprint density at radius 3 is 2.38 bits per heavy atom. The van der Waals surface area contributed by atoms with Crippen LogP contribution in [0, 0.1) is 0 Å². The quantitative estimate of drug-likeness (QED) is 0.663. The summed E-state index contributed by atoms with van der Waals surface area (Å²) in [4.78, 5) is 0.303. The van der Waals surface area contributed by atoms with Crippen molar-refractivity contribution in [2.75, 3.05) is 5.75 Å². The zero-order valence-electron chi connectivity index (χ0n) is 7.06. The van der Waals surface area contributed by atoms with Gasteiger partial charge in [-0.2, -0.15) is 13.2 Å². The molecule has 0 saturated carbocycles. The van der Waals surface area contributed by atoms with Crippen LogP contribution in [0.5, 0.6) is 0 Å². The minimum Gasteiger partial charge on any atom is -0.166 e. The highest BCUT2D eigenvalue weighted by atomic mass is 32.2. The maximum Gasteiger partial charge on any atom is 0.417 e. The summed E-state index contributed by atoms with van der Waals surface area (Å²) in [7, 11) is 0. The standard InChI is InChI=1S/C9H9F3S/c1-2-13-8-6-4-3-5-7(8)9(10,11)12/h3-6H,2H2,1H3. The largest absolute Gasteiger partial charge is 0.417 e. The van der Waals surface area contributed by atoms with Crippen molar-refractivity contribution in [3.63, 3.8) is 0 Å². The fraction of sp³-hybridized carbons (Fsp3) is 0.333. The minimum absolute atomic E-state index is 0.303. The Morgan fingerprint density at radius 1 is 1.23 bits per heavy atom. The van der Waals surface area contributed by atoms with Crippen LogP contribution in [0.1, 0.15) is 12.5 Å². The fourth-order valence-corrected chi connectivity index (χ4v) is 1.81. The molecule has 1 aromatic rings. The zero-order chi connectivity index (χ0) is 9.90. The van der Waals surface area contributed by atoms with Crippen LogP contribution >= 0.6 is 11.8 Å². The monoisotopic (exact) mass is 206 g/mol. The van der Waals surface area contributed by atoms with Crippen LogP contribution in [-0.2, 0) is 6.18 Å². The number of hydrogen-bond acceptors (Lipinski definition) is 1. The van der Waals surface area contributed by atoms with Crippen LogP contribution in [0.25, 0.3) is 0 Å². The molecule has 0 atom stereocenters. The molecule has 0 fully saturated rings. The van der Waals surface area contributed by atoms with Gasteiger partial charge >= 0.3 is 6.18 Å². The van der Waals surface area contributed by atoms with Gasteiger partial charge in [0.2, 0.25) is 0 Å². The van der Waals surface area contributed by atoms with Crippen molar-refractivity contribution in [1.29, 1.82) is 0 Å². The summed E-state index contributed by atoms with van der Waals surface area (Å²) in [5.74, 6) is 0.646. The Hall–Kier alpha value is -0.640. The lowest BCUT2D eigenvalue weighted by Crippen LogP contribution is -2.06. The second kappa shape index (κ2) is 4.05. The topological polar surface area (TPSA) is 0 Å². The van der Waals surface area contributed by atoms with E-state index in [9.17, 15) is 13.2 Å². The molecule has 0 saturated heterocycles. The molecule has 0 spiro atoms. The molecule has 0 nitrogen and oxygen atoms in total. The van der Waals surface area contributed by atoms with Gasteiger partial charge < -0.3 is 0 Å². The third-order valence-electron chi connectivity index (χ3n) is 1.49. The SMILES string of the molecule is CCSc1ccccc1C(F)(F)F. The highest BCUT2D eigenvalue weighted by Crippen LogP contribution is 2.36. The molecule has 0 aromatic heterocycles. The van der Waals surface area contributed by atoms with Crippen molar-refractivity contribution >= 4 is 11.8 Å². The van der Waals surface area contributed by atoms with Crippen LogP contribution in [-0.4, -0.2) is 5.75 Å². The minimum atomic E-state index is -4.24. The van der Waals surface area contributed by atoms with Crippen molar-refractivity contribution in [3.8, 4) is 0 Å². The second-order valence-corrected chi connectivity index (χ2v) is 3.73. The number of halogens is 3. The van der Waals surface area contributed by atoms with E-state index in [1.54, 1.807) is 6.07 Å². The van der Waals surface area contributed by atoms with Gasteiger partial charge in [-0.05, 0) is 17.9 Å². The van der Waals surface area contributed by atoms with Crippen LogP contribution in [0.4, 0.5) is 13.2 Å². The van der Waals surface area contributed by atoms with Crippen molar-refractivity contribution in [1.82, 2.24) is 0 Å². The number of thioether (sulfide) groups is 1. The van der Waals surface area contributed by atoms with Gasteiger partial charge in [0, 0.05) is 4.90 Å². The van der Waals surface area contributed by atoms with Gasteiger partial charge in [0.25, 0.3) is 0 Å². The summed E-state index contributed by atoms with van der Waals surface area (Å²) in [6, 6.07) is 5.63. The second-order valence-electron chi connectivity index (χ2n) is 2.43. The average Bonchev–Trinajstić information content (AvgIpc) is 2.04. The van der Waals surface area contributed by atoms with E-state index in [0.717, 1.165) is 6.07 Å². The summed E-state index contributed by atoms with van der Waals surface area (Å²) >= 11 is 1.21. The van der Waals surface area contributed by atoms with Crippen LogP contribution in [0.15, 0.2) is 29.2 Å². The average molecular weight is 206 g/mol. The molecule has 1 rings (SSSR count). The predicted octanol–water partition coefficient (Wildman–Crippen LogP) is 3.82. The third-order valence-corrected chi connectivity index (χ3v) is 2.45. The Kier molecular flexibility index (Phi) is 3.25. The Morgan fingerprint density at radius 2 is 1.85 bits per heavy atom. The van der Waals surface area contributed by atoms with Crippen LogP contribution < -0.4 is 0 Å². The first-order valence-corrected chi connectivity index (χ1v) is 4.83. The summed E-state index contributed by atoms with van der Waals surface area (Å²) in [5.41, 5.74) is -0.540. The summed E-state index contributed by atoms with van der Waals surface area (Å²) in [5, 5.41) is 0. The lowest BCUT2D eigenvalue weighted by Gasteiger charge is -2.10. The van der Waals surface area contributed by atoms with Gasteiger partial charge in [0.15, 0.2) is 0 Å². The Bertz CT molecular complexity index is 280. The van der Waals surface area contributed by atoms with Gasteiger partial charge in [-0.1, -0.05) is 19.1 Å². The number of benzene rings is 1. The van der Waals surface area contributed by atoms with Gasteiger partial charge in [-0.15, -0.1) is 11.8 Å². The highest BCUT2D eigenvalue weighted by Gasteiger charge is 2.32. The Balaban J connectivity index is 3.05. The smallest absolute Gasteiger partial charge is 0.166 e. The van der Waals surface area contributed by atoms with E-state index in [0.29, 0.717) is 10.6 Å². The van der Waals surface area contributed by atoms with E-state index < -0.39 is 11.7 Å². The first kappa shape index (κ1) is 10.4. The molecule has 0 aliphatic heterocycles. The molecule has 1 aromatic carbocycles. The van der Waals surface area contributed by atoms with Crippen LogP contribution in [0.3, 0.4) is 0 Å². The predicted molar refractivity (Wildman–Crippen MR) is 47.8 cm³/mol. The first-order chi connectivity index (χ1) is 6.05. The molecular formula is C9H9F3S. The maximum absolute atomic E-state index is 12.4. The van der Waals surface area contributed by atoms with E-state index >= 15 is 0 Å². The lowest BCUT2D eigenvalue weighted by molar-refractivity contribution is -0.139. The number of hydrogen-bond donors (Lipinski definition) is 0. The van der Waals surface area contributed by atoms with Crippen molar-refractivity contribution in [2.24, 2.45) is 0 Å². The lowest BCUT2D eigenvalue weighted by atomic mass is 10.2. The molecule has 0 radical (unpaired) electrons. The summed E-state index contributed by atoms with van der Waals surface area (Å²) in [6.07, 6.45) is -4.24. The van der Waals surface area contributed by atoms with Gasteiger partial charge in [-0.25, -0.2) is 0 Å². The van der Waals surface area contributed by atoms with Crippen molar-refractivity contribution in [2.45, 2.75) is 18.0 Å². The molecule has 0 bridgehead atoms. The van der Waals surface area contributed by atoms with E-state index in [1.165, 1.54) is 23.9 Å². The van der Waals surface area contributed by atoms with Crippen LogP contribution in [0.2, 0.25) is 0 Å².